The average Bonchev–Trinajstić information content (AvgIpc) is 2.82. The van der Waals surface area contributed by atoms with Crippen LogP contribution in [-0.4, -0.2) is 22.8 Å². The number of fused-ring (bicyclic) bond motifs is 2. The van der Waals surface area contributed by atoms with Crippen molar-refractivity contribution >= 4 is 16.7 Å². The number of aryl methyl sites for hydroxylation is 1. The normalized spacial score (nSPS) is 13.6. The molecule has 4 rings (SSSR count). The van der Waals surface area contributed by atoms with Crippen LogP contribution in [0.3, 0.4) is 0 Å². The topological polar surface area (TPSA) is 62.3 Å². The Morgan fingerprint density at radius 1 is 1.10 bits per heavy atom. The van der Waals surface area contributed by atoms with E-state index in [0.29, 0.717) is 24.7 Å². The Balaban J connectivity index is 1.98. The third-order valence-electron chi connectivity index (χ3n) is 3.66. The molecule has 2 heterocycles. The molecule has 3 aromatic rings. The standard InChI is InChI=1S/C16H15N3O2/c1-10-18-12-4-2-3-5-13(12)19(10)14-9-16-15(8-11(14)17)20-6-7-21-16/h2-5,8-9H,6-7,17H2,1H3. The second-order valence-electron chi connectivity index (χ2n) is 5.04. The molecular formula is C16H15N3O2. The van der Waals surface area contributed by atoms with Crippen molar-refractivity contribution in [3.8, 4) is 17.2 Å². The molecule has 106 valence electrons. The Kier molecular flexibility index (Phi) is 2.54. The lowest BCUT2D eigenvalue weighted by atomic mass is 10.2. The molecule has 21 heavy (non-hydrogen) atoms. The third kappa shape index (κ3) is 1.81. The van der Waals surface area contributed by atoms with Gasteiger partial charge in [0.05, 0.1) is 22.4 Å². The van der Waals surface area contributed by atoms with Crippen molar-refractivity contribution in [1.82, 2.24) is 9.55 Å². The quantitative estimate of drug-likeness (QED) is 0.697. The van der Waals surface area contributed by atoms with E-state index >= 15 is 0 Å². The van der Waals surface area contributed by atoms with Gasteiger partial charge in [0.2, 0.25) is 0 Å². The first kappa shape index (κ1) is 12.1. The van der Waals surface area contributed by atoms with E-state index < -0.39 is 0 Å². The molecule has 0 saturated heterocycles. The highest BCUT2D eigenvalue weighted by Crippen LogP contribution is 2.37. The van der Waals surface area contributed by atoms with Crippen LogP contribution in [0.15, 0.2) is 36.4 Å². The van der Waals surface area contributed by atoms with Crippen LogP contribution < -0.4 is 15.2 Å². The van der Waals surface area contributed by atoms with Crippen molar-refractivity contribution in [1.29, 1.82) is 0 Å². The number of nitrogens with zero attached hydrogens (tertiary/aromatic N) is 2. The van der Waals surface area contributed by atoms with Gasteiger partial charge in [0, 0.05) is 12.1 Å². The maximum Gasteiger partial charge on any atom is 0.163 e. The number of hydrogen-bond acceptors (Lipinski definition) is 4. The minimum Gasteiger partial charge on any atom is -0.486 e. The number of rotatable bonds is 1. The zero-order valence-electron chi connectivity index (χ0n) is 11.7. The molecule has 5 heteroatoms. The van der Waals surface area contributed by atoms with Crippen LogP contribution in [0.5, 0.6) is 11.5 Å². The monoisotopic (exact) mass is 281 g/mol. The summed E-state index contributed by atoms with van der Waals surface area (Å²) in [4.78, 5) is 4.58. The Labute approximate surface area is 121 Å². The summed E-state index contributed by atoms with van der Waals surface area (Å²) in [6.07, 6.45) is 0. The molecule has 0 saturated carbocycles. The van der Waals surface area contributed by atoms with E-state index in [-0.39, 0.29) is 0 Å². The first-order valence-electron chi connectivity index (χ1n) is 6.87. The van der Waals surface area contributed by atoms with Gasteiger partial charge in [-0.2, -0.15) is 0 Å². The van der Waals surface area contributed by atoms with Crippen LogP contribution in [0.4, 0.5) is 5.69 Å². The van der Waals surface area contributed by atoms with Crippen LogP contribution in [0.1, 0.15) is 5.82 Å². The predicted molar refractivity (Wildman–Crippen MR) is 81.2 cm³/mol. The molecule has 0 unspecified atom stereocenters. The fourth-order valence-electron chi connectivity index (χ4n) is 2.74. The number of anilines is 1. The number of hydrogen-bond donors (Lipinski definition) is 1. The van der Waals surface area contributed by atoms with Crippen molar-refractivity contribution < 1.29 is 9.47 Å². The van der Waals surface area contributed by atoms with Gasteiger partial charge in [0.1, 0.15) is 19.0 Å². The smallest absolute Gasteiger partial charge is 0.163 e. The zero-order valence-corrected chi connectivity index (χ0v) is 11.7. The molecule has 0 aliphatic carbocycles. The molecule has 0 amide bonds. The molecule has 0 fully saturated rings. The maximum atomic E-state index is 6.21. The molecule has 0 atom stereocenters. The van der Waals surface area contributed by atoms with Crippen LogP contribution in [0.25, 0.3) is 16.7 Å². The van der Waals surface area contributed by atoms with E-state index in [1.807, 2.05) is 47.9 Å². The highest BCUT2D eigenvalue weighted by atomic mass is 16.6. The third-order valence-corrected chi connectivity index (χ3v) is 3.66. The summed E-state index contributed by atoms with van der Waals surface area (Å²) in [5.41, 5.74) is 9.70. The van der Waals surface area contributed by atoms with Gasteiger partial charge in [-0.1, -0.05) is 12.1 Å². The van der Waals surface area contributed by atoms with Crippen molar-refractivity contribution in [2.45, 2.75) is 6.92 Å². The first-order chi connectivity index (χ1) is 10.2. The number of aromatic nitrogens is 2. The summed E-state index contributed by atoms with van der Waals surface area (Å²) in [5.74, 6) is 2.31. The van der Waals surface area contributed by atoms with E-state index in [0.717, 1.165) is 28.3 Å². The molecule has 1 aliphatic rings. The van der Waals surface area contributed by atoms with Gasteiger partial charge < -0.3 is 15.2 Å². The van der Waals surface area contributed by atoms with Crippen molar-refractivity contribution in [3.63, 3.8) is 0 Å². The lowest BCUT2D eigenvalue weighted by Gasteiger charge is -2.21. The fraction of sp³-hybridized carbons (Fsp3) is 0.188. The minimum atomic E-state index is 0.554. The number of imidazole rings is 1. The summed E-state index contributed by atoms with van der Waals surface area (Å²) >= 11 is 0. The lowest BCUT2D eigenvalue weighted by Crippen LogP contribution is -2.16. The highest BCUT2D eigenvalue weighted by Gasteiger charge is 2.18. The number of nitrogen functional groups attached to an aromatic ring is 1. The largest absolute Gasteiger partial charge is 0.486 e. The predicted octanol–water partition coefficient (Wildman–Crippen LogP) is 2.69. The summed E-state index contributed by atoms with van der Waals surface area (Å²) in [6.45, 7) is 3.08. The van der Waals surface area contributed by atoms with Gasteiger partial charge in [0.25, 0.3) is 0 Å². The second kappa shape index (κ2) is 4.41. The fourth-order valence-corrected chi connectivity index (χ4v) is 2.74. The molecule has 2 N–H and O–H groups in total. The van der Waals surface area contributed by atoms with E-state index in [9.17, 15) is 0 Å². The van der Waals surface area contributed by atoms with Gasteiger partial charge in [-0.15, -0.1) is 0 Å². The summed E-state index contributed by atoms with van der Waals surface area (Å²) in [5, 5.41) is 0. The Morgan fingerprint density at radius 3 is 2.62 bits per heavy atom. The van der Waals surface area contributed by atoms with Gasteiger partial charge in [-0.3, -0.25) is 4.57 Å². The molecular weight excluding hydrogens is 266 g/mol. The van der Waals surface area contributed by atoms with Gasteiger partial charge in [-0.25, -0.2) is 4.98 Å². The Morgan fingerprint density at radius 2 is 1.81 bits per heavy atom. The number of benzene rings is 2. The average molecular weight is 281 g/mol. The Bertz CT molecular complexity index is 839. The SMILES string of the molecule is Cc1nc2ccccc2n1-c1cc2c(cc1N)OCCO2. The van der Waals surface area contributed by atoms with Crippen LogP contribution in [-0.2, 0) is 0 Å². The lowest BCUT2D eigenvalue weighted by molar-refractivity contribution is 0.171. The van der Waals surface area contributed by atoms with E-state index in [1.165, 1.54) is 0 Å². The number of para-hydroxylation sites is 2. The maximum absolute atomic E-state index is 6.21. The van der Waals surface area contributed by atoms with Crippen molar-refractivity contribution in [2.24, 2.45) is 0 Å². The van der Waals surface area contributed by atoms with Crippen molar-refractivity contribution in [2.75, 3.05) is 18.9 Å². The van der Waals surface area contributed by atoms with Crippen LogP contribution >= 0.6 is 0 Å². The first-order valence-corrected chi connectivity index (χ1v) is 6.87. The van der Waals surface area contributed by atoms with E-state index in [2.05, 4.69) is 4.98 Å². The summed E-state index contributed by atoms with van der Waals surface area (Å²) < 4.78 is 13.3. The zero-order chi connectivity index (χ0) is 14.4. The highest BCUT2D eigenvalue weighted by molar-refractivity contribution is 5.80. The number of nitrogens with two attached hydrogens (primary N) is 1. The molecule has 0 bridgehead atoms. The second-order valence-corrected chi connectivity index (χ2v) is 5.04. The van der Waals surface area contributed by atoms with Gasteiger partial charge >= 0.3 is 0 Å². The Hall–Kier alpha value is -2.69. The molecule has 0 spiro atoms. The molecule has 2 aromatic carbocycles. The summed E-state index contributed by atoms with van der Waals surface area (Å²) in [7, 11) is 0. The van der Waals surface area contributed by atoms with Crippen LogP contribution in [0, 0.1) is 6.92 Å². The van der Waals surface area contributed by atoms with E-state index in [4.69, 9.17) is 15.2 Å². The molecule has 1 aliphatic heterocycles. The molecule has 0 radical (unpaired) electrons. The van der Waals surface area contributed by atoms with Crippen molar-refractivity contribution in [3.05, 3.63) is 42.2 Å². The minimum absolute atomic E-state index is 0.554. The number of ether oxygens (including phenoxy) is 2. The van der Waals surface area contributed by atoms with Gasteiger partial charge in [0.15, 0.2) is 11.5 Å². The van der Waals surface area contributed by atoms with Gasteiger partial charge in [-0.05, 0) is 19.1 Å². The van der Waals surface area contributed by atoms with Crippen LogP contribution in [0.2, 0.25) is 0 Å². The molecule has 1 aromatic heterocycles. The molecule has 5 nitrogen and oxygen atoms in total. The summed E-state index contributed by atoms with van der Waals surface area (Å²) in [6, 6.07) is 11.7. The van der Waals surface area contributed by atoms with E-state index in [1.54, 1.807) is 0 Å².